The molecule has 3 heterocycles. The number of aromatic nitrogens is 5. The van der Waals surface area contributed by atoms with Crippen molar-refractivity contribution >= 4 is 22.6 Å². The van der Waals surface area contributed by atoms with Gasteiger partial charge in [0.05, 0.1) is 6.20 Å². The van der Waals surface area contributed by atoms with Crippen molar-refractivity contribution in [1.29, 1.82) is 0 Å². The van der Waals surface area contributed by atoms with E-state index in [9.17, 15) is 0 Å². The van der Waals surface area contributed by atoms with Crippen LogP contribution in [-0.4, -0.2) is 25.1 Å². The van der Waals surface area contributed by atoms with E-state index in [0.29, 0.717) is 5.52 Å². The molecule has 3 rings (SSSR count). The van der Waals surface area contributed by atoms with Gasteiger partial charge in [0.2, 0.25) is 5.28 Å². The SMILES string of the molecule is Clc1nc(-c2ccncc2)c2[nH]ncc2n1. The van der Waals surface area contributed by atoms with Crippen LogP contribution in [0, 0.1) is 0 Å². The molecule has 16 heavy (non-hydrogen) atoms. The van der Waals surface area contributed by atoms with Gasteiger partial charge < -0.3 is 0 Å². The smallest absolute Gasteiger partial charge is 0.223 e. The van der Waals surface area contributed by atoms with Crippen molar-refractivity contribution in [3.8, 4) is 11.3 Å². The van der Waals surface area contributed by atoms with Crippen LogP contribution in [0.15, 0.2) is 30.7 Å². The highest BCUT2D eigenvalue weighted by atomic mass is 35.5. The lowest BCUT2D eigenvalue weighted by Crippen LogP contribution is -1.90. The number of hydrogen-bond acceptors (Lipinski definition) is 4. The summed E-state index contributed by atoms with van der Waals surface area (Å²) in [7, 11) is 0. The van der Waals surface area contributed by atoms with Gasteiger partial charge in [-0.1, -0.05) is 0 Å². The number of halogens is 1. The van der Waals surface area contributed by atoms with Crippen LogP contribution in [-0.2, 0) is 0 Å². The minimum absolute atomic E-state index is 0.209. The van der Waals surface area contributed by atoms with Crippen molar-refractivity contribution in [2.75, 3.05) is 0 Å². The van der Waals surface area contributed by atoms with Gasteiger partial charge in [-0.3, -0.25) is 10.1 Å². The molecule has 0 amide bonds. The van der Waals surface area contributed by atoms with E-state index in [2.05, 4.69) is 25.1 Å². The lowest BCUT2D eigenvalue weighted by atomic mass is 10.2. The maximum atomic E-state index is 5.85. The second kappa shape index (κ2) is 3.53. The van der Waals surface area contributed by atoms with E-state index in [1.165, 1.54) is 0 Å². The lowest BCUT2D eigenvalue weighted by molar-refractivity contribution is 1.11. The van der Waals surface area contributed by atoms with Gasteiger partial charge >= 0.3 is 0 Å². The molecule has 0 aliphatic carbocycles. The molecule has 1 N–H and O–H groups in total. The Balaban J connectivity index is 2.34. The van der Waals surface area contributed by atoms with Gasteiger partial charge in [-0.15, -0.1) is 0 Å². The summed E-state index contributed by atoms with van der Waals surface area (Å²) in [5.41, 5.74) is 3.13. The third-order valence-corrected chi connectivity index (χ3v) is 2.40. The Labute approximate surface area is 95.5 Å². The van der Waals surface area contributed by atoms with E-state index < -0.39 is 0 Å². The summed E-state index contributed by atoms with van der Waals surface area (Å²) in [4.78, 5) is 12.2. The number of hydrogen-bond donors (Lipinski definition) is 1. The van der Waals surface area contributed by atoms with Crippen molar-refractivity contribution < 1.29 is 0 Å². The second-order valence-electron chi connectivity index (χ2n) is 3.21. The first-order chi connectivity index (χ1) is 7.84. The first-order valence-corrected chi connectivity index (χ1v) is 4.99. The summed E-state index contributed by atoms with van der Waals surface area (Å²) >= 11 is 5.85. The molecule has 0 saturated carbocycles. The average Bonchev–Trinajstić information content (AvgIpc) is 2.77. The number of fused-ring (bicyclic) bond motifs is 1. The predicted molar refractivity (Wildman–Crippen MR) is 59.9 cm³/mol. The maximum absolute atomic E-state index is 5.85. The Morgan fingerprint density at radius 2 is 1.94 bits per heavy atom. The van der Waals surface area contributed by atoms with Crippen LogP contribution in [0.25, 0.3) is 22.3 Å². The monoisotopic (exact) mass is 231 g/mol. The van der Waals surface area contributed by atoms with E-state index in [1.807, 2.05) is 12.1 Å². The number of nitrogens with one attached hydrogen (secondary N) is 1. The molecule has 0 aliphatic rings. The molecule has 0 bridgehead atoms. The number of pyridine rings is 1. The average molecular weight is 232 g/mol. The Morgan fingerprint density at radius 3 is 2.75 bits per heavy atom. The van der Waals surface area contributed by atoms with Crippen molar-refractivity contribution in [3.63, 3.8) is 0 Å². The fourth-order valence-electron chi connectivity index (χ4n) is 1.53. The van der Waals surface area contributed by atoms with E-state index in [0.717, 1.165) is 16.8 Å². The first kappa shape index (κ1) is 9.23. The van der Waals surface area contributed by atoms with Crippen LogP contribution in [0.5, 0.6) is 0 Å². The molecule has 3 aromatic heterocycles. The zero-order valence-corrected chi connectivity index (χ0v) is 8.81. The molecule has 78 valence electrons. The number of rotatable bonds is 1. The van der Waals surface area contributed by atoms with Crippen LogP contribution >= 0.6 is 11.6 Å². The zero-order chi connectivity index (χ0) is 11.0. The molecule has 0 aromatic carbocycles. The van der Waals surface area contributed by atoms with Crippen molar-refractivity contribution in [1.82, 2.24) is 25.1 Å². The standard InChI is InChI=1S/C10H6ClN5/c11-10-14-7-5-13-16-9(7)8(15-10)6-1-3-12-4-2-6/h1-5H,(H,13,16). The number of aromatic amines is 1. The van der Waals surface area contributed by atoms with Gasteiger partial charge in [0.25, 0.3) is 0 Å². The molecule has 0 radical (unpaired) electrons. The van der Waals surface area contributed by atoms with E-state index in [4.69, 9.17) is 11.6 Å². The minimum Gasteiger partial charge on any atom is -0.274 e. The molecule has 0 aliphatic heterocycles. The summed E-state index contributed by atoms with van der Waals surface area (Å²) in [5, 5.41) is 7.00. The molecule has 3 aromatic rings. The zero-order valence-electron chi connectivity index (χ0n) is 8.05. The topological polar surface area (TPSA) is 67.3 Å². The summed E-state index contributed by atoms with van der Waals surface area (Å²) < 4.78 is 0. The minimum atomic E-state index is 0.209. The first-order valence-electron chi connectivity index (χ1n) is 4.61. The van der Waals surface area contributed by atoms with E-state index in [1.54, 1.807) is 18.6 Å². The normalized spacial score (nSPS) is 10.8. The Bertz CT molecular complexity index is 634. The van der Waals surface area contributed by atoms with Gasteiger partial charge in [0.15, 0.2) is 0 Å². The van der Waals surface area contributed by atoms with Crippen molar-refractivity contribution in [2.45, 2.75) is 0 Å². The quantitative estimate of drug-likeness (QED) is 0.651. The van der Waals surface area contributed by atoms with Crippen LogP contribution in [0.2, 0.25) is 5.28 Å². The summed E-state index contributed by atoms with van der Waals surface area (Å²) in [5.74, 6) is 0. The fourth-order valence-corrected chi connectivity index (χ4v) is 1.71. The highest BCUT2D eigenvalue weighted by Crippen LogP contribution is 2.24. The highest BCUT2D eigenvalue weighted by Gasteiger charge is 2.09. The molecule has 5 nitrogen and oxygen atoms in total. The van der Waals surface area contributed by atoms with Gasteiger partial charge in [-0.2, -0.15) is 5.10 Å². The molecule has 0 unspecified atom stereocenters. The van der Waals surface area contributed by atoms with Gasteiger partial charge in [-0.05, 0) is 23.7 Å². The van der Waals surface area contributed by atoms with Gasteiger partial charge in [-0.25, -0.2) is 9.97 Å². The second-order valence-corrected chi connectivity index (χ2v) is 3.55. The van der Waals surface area contributed by atoms with Gasteiger partial charge in [0, 0.05) is 18.0 Å². The molecular weight excluding hydrogens is 226 g/mol. The summed E-state index contributed by atoms with van der Waals surface area (Å²) in [6.07, 6.45) is 5.02. The highest BCUT2D eigenvalue weighted by molar-refractivity contribution is 6.28. The van der Waals surface area contributed by atoms with Crippen molar-refractivity contribution in [3.05, 3.63) is 36.0 Å². The Hall–Kier alpha value is -2.01. The summed E-state index contributed by atoms with van der Waals surface area (Å²) in [6.45, 7) is 0. The maximum Gasteiger partial charge on any atom is 0.223 e. The molecular formula is C10H6ClN5. The number of nitrogens with zero attached hydrogens (tertiary/aromatic N) is 4. The van der Waals surface area contributed by atoms with Crippen LogP contribution in [0.1, 0.15) is 0 Å². The fraction of sp³-hybridized carbons (Fsp3) is 0. The third-order valence-electron chi connectivity index (χ3n) is 2.23. The van der Waals surface area contributed by atoms with Crippen LogP contribution in [0.4, 0.5) is 0 Å². The van der Waals surface area contributed by atoms with Gasteiger partial charge in [0.1, 0.15) is 16.7 Å². The van der Waals surface area contributed by atoms with Crippen molar-refractivity contribution in [2.24, 2.45) is 0 Å². The van der Waals surface area contributed by atoms with E-state index in [-0.39, 0.29) is 5.28 Å². The van der Waals surface area contributed by atoms with Crippen LogP contribution in [0.3, 0.4) is 0 Å². The van der Waals surface area contributed by atoms with Crippen LogP contribution < -0.4 is 0 Å². The Morgan fingerprint density at radius 1 is 1.12 bits per heavy atom. The number of H-pyrrole nitrogens is 1. The third kappa shape index (κ3) is 1.42. The molecule has 6 heteroatoms. The molecule has 0 atom stereocenters. The Kier molecular flexibility index (Phi) is 2.04. The predicted octanol–water partition coefficient (Wildman–Crippen LogP) is 2.07. The lowest BCUT2D eigenvalue weighted by Gasteiger charge is -2.01. The summed E-state index contributed by atoms with van der Waals surface area (Å²) in [6, 6.07) is 3.72. The molecule has 0 saturated heterocycles. The molecule has 0 fully saturated rings. The molecule has 0 spiro atoms. The van der Waals surface area contributed by atoms with E-state index >= 15 is 0 Å². The largest absolute Gasteiger partial charge is 0.274 e.